The molecule has 1 heterocycles. The highest BCUT2D eigenvalue weighted by Gasteiger charge is 2.24. The fourth-order valence-electron chi connectivity index (χ4n) is 9.42. The first-order chi connectivity index (χ1) is 28.4. The monoisotopic (exact) mass is 751 g/mol. The maximum absolute atomic E-state index is 6.17. The lowest BCUT2D eigenvalue weighted by Gasteiger charge is -2.31. The minimum atomic E-state index is 0.0783. The van der Waals surface area contributed by atoms with Gasteiger partial charge in [-0.2, -0.15) is 0 Å². The van der Waals surface area contributed by atoms with Gasteiger partial charge in [-0.15, -0.1) is 0 Å². The quantitative estimate of drug-likeness (QED) is 0.161. The minimum Gasteiger partial charge on any atom is -0.456 e. The molecule has 8 aromatic carbocycles. The molecule has 0 radical (unpaired) electrons. The predicted octanol–water partition coefficient (Wildman–Crippen LogP) is 16.6. The SMILES string of the molecule is CC(C)(C)c1ccc(-c2ccccc2N(c2ccc(-c3ccc4oc5ccccc5c4c3)cc2)c2ccccc2-c2cccc3cccc(C4CCCCC4)c23)cc1. The van der Waals surface area contributed by atoms with Crippen LogP contribution in [0.2, 0.25) is 0 Å². The third-order valence-electron chi connectivity index (χ3n) is 12.5. The highest BCUT2D eigenvalue weighted by atomic mass is 16.3. The molecule has 0 unspecified atom stereocenters. The zero-order valence-corrected chi connectivity index (χ0v) is 33.7. The number of fused-ring (bicyclic) bond motifs is 4. The van der Waals surface area contributed by atoms with Gasteiger partial charge >= 0.3 is 0 Å². The van der Waals surface area contributed by atoms with Gasteiger partial charge in [-0.1, -0.05) is 173 Å². The lowest BCUT2D eigenvalue weighted by Crippen LogP contribution is -2.13. The average molecular weight is 752 g/mol. The first-order valence-electron chi connectivity index (χ1n) is 21.0. The second-order valence-electron chi connectivity index (χ2n) is 17.1. The molecular weight excluding hydrogens is 703 g/mol. The van der Waals surface area contributed by atoms with Crippen molar-refractivity contribution in [3.63, 3.8) is 0 Å². The summed E-state index contributed by atoms with van der Waals surface area (Å²) in [7, 11) is 0. The topological polar surface area (TPSA) is 16.4 Å². The summed E-state index contributed by atoms with van der Waals surface area (Å²) in [6.07, 6.45) is 6.49. The third kappa shape index (κ3) is 6.57. The van der Waals surface area contributed by atoms with E-state index in [9.17, 15) is 0 Å². The van der Waals surface area contributed by atoms with E-state index in [-0.39, 0.29) is 5.41 Å². The molecule has 0 aliphatic heterocycles. The molecule has 1 fully saturated rings. The molecule has 10 rings (SSSR count). The molecule has 1 aliphatic carbocycles. The van der Waals surface area contributed by atoms with Crippen molar-refractivity contribution in [1.82, 2.24) is 0 Å². The van der Waals surface area contributed by atoms with Crippen molar-refractivity contribution < 1.29 is 4.42 Å². The number of para-hydroxylation sites is 3. The maximum Gasteiger partial charge on any atom is 0.135 e. The summed E-state index contributed by atoms with van der Waals surface area (Å²) in [5.41, 5.74) is 15.4. The molecule has 0 N–H and O–H groups in total. The smallest absolute Gasteiger partial charge is 0.135 e. The Balaban J connectivity index is 1.15. The van der Waals surface area contributed by atoms with E-state index in [1.807, 2.05) is 12.1 Å². The van der Waals surface area contributed by atoms with Crippen LogP contribution in [-0.2, 0) is 5.41 Å². The molecule has 1 aliphatic rings. The number of furan rings is 1. The fourth-order valence-corrected chi connectivity index (χ4v) is 9.42. The summed E-state index contributed by atoms with van der Waals surface area (Å²) in [4.78, 5) is 2.49. The molecule has 0 amide bonds. The van der Waals surface area contributed by atoms with Gasteiger partial charge in [0.1, 0.15) is 11.2 Å². The molecular formula is C56H49NO. The first-order valence-corrected chi connectivity index (χ1v) is 21.0. The van der Waals surface area contributed by atoms with E-state index >= 15 is 0 Å². The minimum absolute atomic E-state index is 0.0783. The summed E-state index contributed by atoms with van der Waals surface area (Å²) in [6, 6.07) is 64.9. The van der Waals surface area contributed by atoms with Crippen molar-refractivity contribution >= 4 is 49.8 Å². The van der Waals surface area contributed by atoms with Crippen molar-refractivity contribution in [2.24, 2.45) is 0 Å². The summed E-state index contributed by atoms with van der Waals surface area (Å²) >= 11 is 0. The maximum atomic E-state index is 6.17. The lowest BCUT2D eigenvalue weighted by atomic mass is 9.80. The van der Waals surface area contributed by atoms with Gasteiger partial charge in [0.2, 0.25) is 0 Å². The van der Waals surface area contributed by atoms with E-state index in [4.69, 9.17) is 4.42 Å². The third-order valence-corrected chi connectivity index (χ3v) is 12.5. The zero-order valence-electron chi connectivity index (χ0n) is 33.7. The van der Waals surface area contributed by atoms with Gasteiger partial charge in [-0.3, -0.25) is 0 Å². The molecule has 0 spiro atoms. The van der Waals surface area contributed by atoms with Gasteiger partial charge < -0.3 is 9.32 Å². The van der Waals surface area contributed by atoms with E-state index in [1.165, 1.54) is 87.4 Å². The second kappa shape index (κ2) is 14.8. The summed E-state index contributed by atoms with van der Waals surface area (Å²) in [5, 5.41) is 4.99. The van der Waals surface area contributed by atoms with Crippen LogP contribution in [0.25, 0.3) is 66.1 Å². The Morgan fingerprint density at radius 1 is 0.483 bits per heavy atom. The van der Waals surface area contributed by atoms with Gasteiger partial charge in [0, 0.05) is 27.6 Å². The van der Waals surface area contributed by atoms with Gasteiger partial charge in [-0.25, -0.2) is 0 Å². The van der Waals surface area contributed by atoms with Gasteiger partial charge in [0.25, 0.3) is 0 Å². The van der Waals surface area contributed by atoms with Crippen LogP contribution in [0.15, 0.2) is 180 Å². The molecule has 58 heavy (non-hydrogen) atoms. The van der Waals surface area contributed by atoms with Crippen LogP contribution < -0.4 is 4.90 Å². The van der Waals surface area contributed by atoms with Crippen molar-refractivity contribution in [3.05, 3.63) is 187 Å². The van der Waals surface area contributed by atoms with Gasteiger partial charge in [-0.05, 0) is 111 Å². The molecule has 2 heteroatoms. The van der Waals surface area contributed by atoms with Crippen LogP contribution in [0.4, 0.5) is 17.1 Å². The Bertz CT molecular complexity index is 2900. The molecule has 1 aromatic heterocycles. The van der Waals surface area contributed by atoms with E-state index in [2.05, 4.69) is 189 Å². The standard InChI is InChI=1S/C56H49NO/c1-56(2,3)43-32-27-40(28-33-43)45-19-7-10-24-51(45)57(44-34-29-38(30-35-44)42-31-36-54-50(37-42)48-21-9-12-26-53(48)58-54)52-25-11-8-20-47(52)49-23-14-18-41-17-13-22-46(55(41)49)39-15-5-4-6-16-39/h7-14,17-37,39H,4-6,15-16H2,1-3H3. The Labute approximate surface area is 342 Å². The highest BCUT2D eigenvalue weighted by Crippen LogP contribution is 2.48. The van der Waals surface area contributed by atoms with Crippen LogP contribution in [0, 0.1) is 0 Å². The van der Waals surface area contributed by atoms with Crippen LogP contribution in [-0.4, -0.2) is 0 Å². The average Bonchev–Trinajstić information content (AvgIpc) is 3.65. The van der Waals surface area contributed by atoms with Crippen molar-refractivity contribution in [3.8, 4) is 33.4 Å². The number of rotatable bonds is 7. The predicted molar refractivity (Wildman–Crippen MR) is 247 cm³/mol. The van der Waals surface area contributed by atoms with E-state index in [0.717, 1.165) is 39.0 Å². The first kappa shape index (κ1) is 36.0. The number of hydrogen-bond acceptors (Lipinski definition) is 2. The number of anilines is 3. The van der Waals surface area contributed by atoms with Crippen LogP contribution in [0.1, 0.15) is 69.9 Å². The summed E-state index contributed by atoms with van der Waals surface area (Å²) in [5.74, 6) is 0.588. The summed E-state index contributed by atoms with van der Waals surface area (Å²) < 4.78 is 6.17. The van der Waals surface area contributed by atoms with E-state index in [1.54, 1.807) is 0 Å². The Kier molecular flexibility index (Phi) is 9.21. The largest absolute Gasteiger partial charge is 0.456 e. The van der Waals surface area contributed by atoms with Gasteiger partial charge in [0.15, 0.2) is 0 Å². The van der Waals surface area contributed by atoms with Crippen LogP contribution >= 0.6 is 0 Å². The molecule has 284 valence electrons. The van der Waals surface area contributed by atoms with Crippen molar-refractivity contribution in [1.29, 1.82) is 0 Å². The van der Waals surface area contributed by atoms with Crippen molar-refractivity contribution in [2.75, 3.05) is 4.90 Å². The van der Waals surface area contributed by atoms with Crippen LogP contribution in [0.5, 0.6) is 0 Å². The molecule has 2 nitrogen and oxygen atoms in total. The number of hydrogen-bond donors (Lipinski definition) is 0. The lowest BCUT2D eigenvalue weighted by molar-refractivity contribution is 0.445. The van der Waals surface area contributed by atoms with Crippen LogP contribution in [0.3, 0.4) is 0 Å². The Hall–Kier alpha value is -6.38. The molecule has 9 aromatic rings. The van der Waals surface area contributed by atoms with Gasteiger partial charge in [0.05, 0.1) is 11.4 Å². The molecule has 0 bridgehead atoms. The fraction of sp³-hybridized carbons (Fsp3) is 0.179. The highest BCUT2D eigenvalue weighted by molar-refractivity contribution is 6.07. The normalized spacial score (nSPS) is 13.7. The number of nitrogens with zero attached hydrogens (tertiary/aromatic N) is 1. The Morgan fingerprint density at radius 3 is 1.84 bits per heavy atom. The number of benzene rings is 8. The van der Waals surface area contributed by atoms with E-state index in [0.29, 0.717) is 5.92 Å². The zero-order chi connectivity index (χ0) is 39.2. The molecule has 0 atom stereocenters. The second-order valence-corrected chi connectivity index (χ2v) is 17.1. The molecule has 1 saturated carbocycles. The van der Waals surface area contributed by atoms with E-state index < -0.39 is 0 Å². The Morgan fingerprint density at radius 2 is 1.09 bits per heavy atom. The summed E-state index contributed by atoms with van der Waals surface area (Å²) in [6.45, 7) is 6.84. The molecule has 0 saturated heterocycles. The van der Waals surface area contributed by atoms with Crippen molar-refractivity contribution in [2.45, 2.75) is 64.2 Å².